The summed E-state index contributed by atoms with van der Waals surface area (Å²) in [6.07, 6.45) is 0. The Balaban J connectivity index is 2.10. The van der Waals surface area contributed by atoms with Crippen molar-refractivity contribution < 1.29 is 24.5 Å². The first kappa shape index (κ1) is 19.3. The fraction of sp³-hybridized carbons (Fsp3) is 0.0833. The lowest BCUT2D eigenvalue weighted by molar-refractivity contribution is 0.0695. The van der Waals surface area contributed by atoms with Crippen LogP contribution in [0, 0.1) is 0 Å². The summed E-state index contributed by atoms with van der Waals surface area (Å²) in [6.45, 7) is 3.95. The third-order valence-corrected chi connectivity index (χ3v) is 5.05. The molecule has 0 atom stereocenters. The van der Waals surface area contributed by atoms with Gasteiger partial charge in [0, 0.05) is 42.2 Å². The summed E-state index contributed by atoms with van der Waals surface area (Å²) in [7, 11) is 3.84. The van der Waals surface area contributed by atoms with Crippen molar-refractivity contribution in [2.75, 3.05) is 19.0 Å². The minimum Gasteiger partial charge on any atom is -0.478 e. The molecule has 0 aromatic heterocycles. The van der Waals surface area contributed by atoms with Gasteiger partial charge in [-0.2, -0.15) is 0 Å². The highest BCUT2D eigenvalue weighted by molar-refractivity contribution is 6.01. The first-order valence-electron chi connectivity index (χ1n) is 9.20. The van der Waals surface area contributed by atoms with Crippen molar-refractivity contribution in [2.45, 2.75) is 0 Å². The molecule has 1 heterocycles. The van der Waals surface area contributed by atoms with E-state index in [1.54, 1.807) is 12.1 Å². The van der Waals surface area contributed by atoms with E-state index >= 15 is 0 Å². The molecule has 3 aromatic carbocycles. The molecular formula is C24H19NO5. The summed E-state index contributed by atoms with van der Waals surface area (Å²) >= 11 is 0. The number of aromatic carboxylic acids is 2. The van der Waals surface area contributed by atoms with Crippen LogP contribution in [-0.4, -0.2) is 36.2 Å². The number of carbonyl (C=O) groups is 2. The van der Waals surface area contributed by atoms with Crippen LogP contribution in [0.25, 0.3) is 12.2 Å². The number of hydrogen-bond donors (Lipinski definition) is 2. The Morgan fingerprint density at radius 2 is 1.60 bits per heavy atom. The molecule has 0 amide bonds. The average molecular weight is 401 g/mol. The van der Waals surface area contributed by atoms with Crippen LogP contribution in [0.15, 0.2) is 54.6 Å². The molecule has 3 aromatic rings. The summed E-state index contributed by atoms with van der Waals surface area (Å²) < 4.78 is 6.13. The summed E-state index contributed by atoms with van der Waals surface area (Å²) in [6, 6.07) is 15.3. The third-order valence-electron chi connectivity index (χ3n) is 5.05. The normalized spacial score (nSPS) is 11.9. The van der Waals surface area contributed by atoms with Gasteiger partial charge in [0.05, 0.1) is 11.1 Å². The Kier molecular flexibility index (Phi) is 4.54. The average Bonchev–Trinajstić information content (AvgIpc) is 2.70. The van der Waals surface area contributed by atoms with E-state index < -0.39 is 11.9 Å². The highest BCUT2D eigenvalue weighted by Crippen LogP contribution is 2.39. The van der Waals surface area contributed by atoms with Crippen molar-refractivity contribution in [3.63, 3.8) is 0 Å². The van der Waals surface area contributed by atoms with E-state index in [1.165, 1.54) is 12.1 Å². The van der Waals surface area contributed by atoms with Gasteiger partial charge >= 0.3 is 11.9 Å². The first-order valence-corrected chi connectivity index (χ1v) is 9.20. The molecule has 1 aliphatic rings. The van der Waals surface area contributed by atoms with E-state index in [2.05, 4.69) is 6.58 Å². The van der Waals surface area contributed by atoms with Gasteiger partial charge in [-0.05, 0) is 41.1 Å². The number of ether oxygens (including phenoxy) is 1. The minimum absolute atomic E-state index is 0.0830. The SMILES string of the molecule is C=c1ccc2c(c1)Oc1cc(N(C)C)ccc1C=2c1ccc(C(=O)O)cc1C(=O)O. The quantitative estimate of drug-likeness (QED) is 0.547. The molecule has 1 aliphatic heterocycles. The second kappa shape index (κ2) is 7.08. The summed E-state index contributed by atoms with van der Waals surface area (Å²) in [4.78, 5) is 25.3. The molecule has 0 saturated carbocycles. The predicted octanol–water partition coefficient (Wildman–Crippen LogP) is 2.91. The molecule has 0 saturated heterocycles. The Hall–Kier alpha value is -4.06. The zero-order valence-electron chi connectivity index (χ0n) is 16.5. The maximum atomic E-state index is 12.0. The van der Waals surface area contributed by atoms with Gasteiger partial charge in [0.1, 0.15) is 11.5 Å². The van der Waals surface area contributed by atoms with Crippen molar-refractivity contribution in [3.05, 3.63) is 87.3 Å². The van der Waals surface area contributed by atoms with Crippen LogP contribution < -0.4 is 20.1 Å². The summed E-state index contributed by atoms with van der Waals surface area (Å²) in [5, 5.41) is 20.6. The van der Waals surface area contributed by atoms with Gasteiger partial charge in [0.15, 0.2) is 0 Å². The monoisotopic (exact) mass is 401 g/mol. The molecule has 0 radical (unpaired) electrons. The number of rotatable bonds is 4. The standard InChI is InChI=1S/C24H19NO5/c1-13-4-7-17-20(10-13)30-21-12-15(25(2)3)6-9-18(21)22(17)16-8-5-14(23(26)27)11-19(16)24(28)29/h4-12H,1H2,2-3H3,(H,26,27)(H,28,29). The molecule has 6 heteroatoms. The van der Waals surface area contributed by atoms with E-state index in [0.717, 1.165) is 21.7 Å². The molecule has 150 valence electrons. The fourth-order valence-corrected chi connectivity index (χ4v) is 3.56. The topological polar surface area (TPSA) is 87.1 Å². The highest BCUT2D eigenvalue weighted by atomic mass is 16.5. The van der Waals surface area contributed by atoms with Crippen LogP contribution in [0.5, 0.6) is 11.5 Å². The van der Waals surface area contributed by atoms with Crippen LogP contribution in [-0.2, 0) is 0 Å². The van der Waals surface area contributed by atoms with Crippen LogP contribution in [0.4, 0.5) is 5.69 Å². The largest absolute Gasteiger partial charge is 0.478 e. The zero-order valence-corrected chi connectivity index (χ0v) is 16.5. The van der Waals surface area contributed by atoms with Crippen molar-refractivity contribution in [1.82, 2.24) is 0 Å². The fourth-order valence-electron chi connectivity index (χ4n) is 3.56. The Morgan fingerprint density at radius 3 is 2.27 bits per heavy atom. The molecule has 30 heavy (non-hydrogen) atoms. The molecule has 0 fully saturated rings. The minimum atomic E-state index is -1.20. The van der Waals surface area contributed by atoms with Crippen molar-refractivity contribution in [2.24, 2.45) is 0 Å². The molecule has 0 spiro atoms. The van der Waals surface area contributed by atoms with Gasteiger partial charge in [-0.1, -0.05) is 24.8 Å². The lowest BCUT2D eigenvalue weighted by atomic mass is 9.88. The molecular weight excluding hydrogens is 382 g/mol. The zero-order chi connectivity index (χ0) is 21.6. The van der Waals surface area contributed by atoms with Gasteiger partial charge < -0.3 is 19.8 Å². The van der Waals surface area contributed by atoms with E-state index in [-0.39, 0.29) is 11.1 Å². The number of benzene rings is 3. The summed E-state index contributed by atoms with van der Waals surface area (Å²) in [5.41, 5.74) is 2.59. The number of carboxylic acid groups (broad SMARTS) is 2. The lowest BCUT2D eigenvalue weighted by Gasteiger charge is -2.24. The van der Waals surface area contributed by atoms with Crippen LogP contribution in [0.3, 0.4) is 0 Å². The van der Waals surface area contributed by atoms with Crippen molar-refractivity contribution in [3.8, 4) is 11.5 Å². The number of hydrogen-bond acceptors (Lipinski definition) is 4. The van der Waals surface area contributed by atoms with E-state index in [9.17, 15) is 19.8 Å². The maximum absolute atomic E-state index is 12.0. The van der Waals surface area contributed by atoms with E-state index in [0.29, 0.717) is 22.6 Å². The van der Waals surface area contributed by atoms with Gasteiger partial charge in [0.25, 0.3) is 0 Å². The smallest absolute Gasteiger partial charge is 0.336 e. The number of carboxylic acids is 2. The third kappa shape index (κ3) is 3.18. The molecule has 0 bridgehead atoms. The Morgan fingerprint density at radius 1 is 0.867 bits per heavy atom. The van der Waals surface area contributed by atoms with Gasteiger partial charge in [0.2, 0.25) is 0 Å². The number of fused-ring (bicyclic) bond motifs is 2. The predicted molar refractivity (Wildman–Crippen MR) is 114 cm³/mol. The van der Waals surface area contributed by atoms with Crippen LogP contribution in [0.1, 0.15) is 31.8 Å². The van der Waals surface area contributed by atoms with E-state index in [4.69, 9.17) is 4.74 Å². The number of nitrogens with zero attached hydrogens (tertiary/aromatic N) is 1. The lowest BCUT2D eigenvalue weighted by Crippen LogP contribution is -2.21. The van der Waals surface area contributed by atoms with Crippen LogP contribution >= 0.6 is 0 Å². The van der Waals surface area contributed by atoms with Gasteiger partial charge in [-0.3, -0.25) is 0 Å². The van der Waals surface area contributed by atoms with E-state index in [1.807, 2.05) is 49.3 Å². The second-order valence-electron chi connectivity index (χ2n) is 7.25. The number of anilines is 1. The molecule has 2 N–H and O–H groups in total. The van der Waals surface area contributed by atoms with Crippen molar-refractivity contribution in [1.29, 1.82) is 0 Å². The maximum Gasteiger partial charge on any atom is 0.336 e. The Labute approximate surface area is 172 Å². The molecule has 4 rings (SSSR count). The van der Waals surface area contributed by atoms with Gasteiger partial charge in [-0.15, -0.1) is 0 Å². The highest BCUT2D eigenvalue weighted by Gasteiger charge is 2.25. The van der Waals surface area contributed by atoms with Gasteiger partial charge in [-0.25, -0.2) is 9.59 Å². The van der Waals surface area contributed by atoms with Crippen LogP contribution in [0.2, 0.25) is 0 Å². The molecule has 0 unspecified atom stereocenters. The second-order valence-corrected chi connectivity index (χ2v) is 7.25. The first-order chi connectivity index (χ1) is 14.3. The Bertz CT molecular complexity index is 1320. The molecule has 6 nitrogen and oxygen atoms in total. The van der Waals surface area contributed by atoms with Crippen molar-refractivity contribution >= 4 is 29.8 Å². The summed E-state index contributed by atoms with van der Waals surface area (Å²) in [5.74, 6) is -1.22. The molecule has 0 aliphatic carbocycles.